The minimum Gasteiger partial charge on any atom is -0.350 e. The summed E-state index contributed by atoms with van der Waals surface area (Å²) in [5.41, 5.74) is -0.135. The lowest BCUT2D eigenvalue weighted by atomic mass is 10.1. The smallest absolute Gasteiger partial charge is 0.234 e. The minimum atomic E-state index is -0.135. The summed E-state index contributed by atoms with van der Waals surface area (Å²) >= 11 is 0. The normalized spacial score (nSPS) is 22.5. The van der Waals surface area contributed by atoms with E-state index in [1.165, 1.54) is 6.42 Å². The van der Waals surface area contributed by atoms with Crippen LogP contribution in [0.25, 0.3) is 0 Å². The predicted octanol–water partition coefficient (Wildman–Crippen LogP) is 0.243. The van der Waals surface area contributed by atoms with Gasteiger partial charge >= 0.3 is 0 Å². The van der Waals surface area contributed by atoms with Crippen molar-refractivity contribution in [2.75, 3.05) is 19.6 Å². The van der Waals surface area contributed by atoms with Crippen molar-refractivity contribution in [3.8, 4) is 0 Å². The van der Waals surface area contributed by atoms with Crippen molar-refractivity contribution in [3.63, 3.8) is 0 Å². The molecule has 1 aliphatic heterocycles. The van der Waals surface area contributed by atoms with Gasteiger partial charge in [0.1, 0.15) is 0 Å². The van der Waals surface area contributed by atoms with Gasteiger partial charge in [-0.1, -0.05) is 0 Å². The van der Waals surface area contributed by atoms with E-state index in [2.05, 4.69) is 16.0 Å². The van der Waals surface area contributed by atoms with Gasteiger partial charge in [0.05, 0.1) is 6.54 Å². The van der Waals surface area contributed by atoms with Crippen LogP contribution in [0.2, 0.25) is 0 Å². The van der Waals surface area contributed by atoms with E-state index in [9.17, 15) is 4.79 Å². The van der Waals surface area contributed by atoms with Gasteiger partial charge in [-0.25, -0.2) is 0 Å². The molecule has 1 heterocycles. The number of amides is 1. The highest BCUT2D eigenvalue weighted by Gasteiger charge is 2.16. The van der Waals surface area contributed by atoms with Crippen LogP contribution in [0.4, 0.5) is 0 Å². The van der Waals surface area contributed by atoms with Gasteiger partial charge in [-0.3, -0.25) is 4.79 Å². The van der Waals surface area contributed by atoms with Crippen LogP contribution in [0.5, 0.6) is 0 Å². The van der Waals surface area contributed by atoms with Gasteiger partial charge in [0.2, 0.25) is 5.91 Å². The Morgan fingerprint density at radius 3 is 2.73 bits per heavy atom. The number of hydrogen-bond acceptors (Lipinski definition) is 3. The number of hydrogen-bond donors (Lipinski definition) is 3. The van der Waals surface area contributed by atoms with Crippen LogP contribution in [0.15, 0.2) is 0 Å². The van der Waals surface area contributed by atoms with E-state index in [1.807, 2.05) is 20.8 Å². The van der Waals surface area contributed by atoms with Gasteiger partial charge in [-0.15, -0.1) is 0 Å². The first-order valence-corrected chi connectivity index (χ1v) is 5.72. The van der Waals surface area contributed by atoms with Gasteiger partial charge < -0.3 is 16.0 Å². The largest absolute Gasteiger partial charge is 0.350 e. The molecule has 1 rings (SSSR count). The molecule has 0 aromatic rings. The average molecular weight is 213 g/mol. The second kappa shape index (κ2) is 5.47. The molecule has 1 fully saturated rings. The number of carbonyl (C=O) groups excluding carboxylic acids is 1. The summed E-state index contributed by atoms with van der Waals surface area (Å²) in [7, 11) is 0. The summed E-state index contributed by atoms with van der Waals surface area (Å²) in [4.78, 5) is 11.5. The van der Waals surface area contributed by atoms with Gasteiger partial charge in [-0.05, 0) is 40.2 Å². The standard InChI is InChI=1S/C11H23N3O/c1-11(2,3)14-10(15)8-13-9-5-4-6-12-7-9/h9,12-13H,4-8H2,1-3H3,(H,14,15). The summed E-state index contributed by atoms with van der Waals surface area (Å²) in [5.74, 6) is 0.0769. The van der Waals surface area contributed by atoms with Gasteiger partial charge in [0, 0.05) is 18.1 Å². The zero-order valence-electron chi connectivity index (χ0n) is 10.0. The Labute approximate surface area is 92.2 Å². The van der Waals surface area contributed by atoms with E-state index >= 15 is 0 Å². The summed E-state index contributed by atoms with van der Waals surface area (Å²) in [6.45, 7) is 8.48. The van der Waals surface area contributed by atoms with Gasteiger partial charge in [0.25, 0.3) is 0 Å². The molecule has 1 saturated heterocycles. The fourth-order valence-corrected chi connectivity index (χ4v) is 1.73. The van der Waals surface area contributed by atoms with Crippen LogP contribution in [0.1, 0.15) is 33.6 Å². The lowest BCUT2D eigenvalue weighted by molar-refractivity contribution is -0.121. The van der Waals surface area contributed by atoms with Crippen LogP contribution in [-0.2, 0) is 4.79 Å². The Balaban J connectivity index is 2.15. The molecule has 3 N–H and O–H groups in total. The predicted molar refractivity (Wildman–Crippen MR) is 61.8 cm³/mol. The van der Waals surface area contributed by atoms with E-state index in [0.29, 0.717) is 12.6 Å². The number of piperidine rings is 1. The van der Waals surface area contributed by atoms with Crippen LogP contribution >= 0.6 is 0 Å². The highest BCUT2D eigenvalue weighted by atomic mass is 16.2. The van der Waals surface area contributed by atoms with E-state index in [-0.39, 0.29) is 11.4 Å². The molecule has 0 aromatic heterocycles. The number of rotatable bonds is 3. The van der Waals surface area contributed by atoms with Crippen molar-refractivity contribution in [2.45, 2.75) is 45.2 Å². The number of nitrogens with one attached hydrogen (secondary N) is 3. The van der Waals surface area contributed by atoms with Crippen molar-refractivity contribution in [1.29, 1.82) is 0 Å². The SMILES string of the molecule is CC(C)(C)NC(=O)CNC1CCCNC1. The molecule has 0 aromatic carbocycles. The fraction of sp³-hybridized carbons (Fsp3) is 0.909. The molecule has 1 unspecified atom stereocenters. The highest BCUT2D eigenvalue weighted by molar-refractivity contribution is 5.78. The molecule has 1 aliphatic rings. The molecular formula is C11H23N3O. The topological polar surface area (TPSA) is 53.2 Å². The summed E-state index contributed by atoms with van der Waals surface area (Å²) in [5, 5.41) is 9.52. The highest BCUT2D eigenvalue weighted by Crippen LogP contribution is 2.01. The molecule has 1 amide bonds. The third-order valence-electron chi connectivity index (χ3n) is 2.36. The Bertz CT molecular complexity index is 204. The van der Waals surface area contributed by atoms with Crippen LogP contribution < -0.4 is 16.0 Å². The fourth-order valence-electron chi connectivity index (χ4n) is 1.73. The maximum absolute atomic E-state index is 11.5. The molecule has 1 atom stereocenters. The lowest BCUT2D eigenvalue weighted by Gasteiger charge is -2.25. The zero-order valence-corrected chi connectivity index (χ0v) is 10.0. The molecule has 0 saturated carbocycles. The van der Waals surface area contributed by atoms with Crippen molar-refractivity contribution >= 4 is 5.91 Å². The molecule has 0 aliphatic carbocycles. The first-order valence-electron chi connectivity index (χ1n) is 5.72. The third kappa shape index (κ3) is 5.74. The monoisotopic (exact) mass is 213 g/mol. The molecule has 4 heteroatoms. The molecule has 0 spiro atoms. The molecule has 0 bridgehead atoms. The van der Waals surface area contributed by atoms with Gasteiger partial charge in [0.15, 0.2) is 0 Å². The molecule has 15 heavy (non-hydrogen) atoms. The molecule has 0 radical (unpaired) electrons. The van der Waals surface area contributed by atoms with Crippen molar-refractivity contribution in [2.24, 2.45) is 0 Å². The molecule has 4 nitrogen and oxygen atoms in total. The van der Waals surface area contributed by atoms with E-state index < -0.39 is 0 Å². The average Bonchev–Trinajstić information content (AvgIpc) is 2.14. The summed E-state index contributed by atoms with van der Waals surface area (Å²) in [6.07, 6.45) is 2.36. The first-order chi connectivity index (χ1) is 6.97. The van der Waals surface area contributed by atoms with E-state index in [4.69, 9.17) is 0 Å². The Morgan fingerprint density at radius 1 is 1.47 bits per heavy atom. The van der Waals surface area contributed by atoms with Crippen molar-refractivity contribution < 1.29 is 4.79 Å². The van der Waals surface area contributed by atoms with Crippen molar-refractivity contribution in [1.82, 2.24) is 16.0 Å². The second-order valence-electron chi connectivity index (χ2n) is 5.22. The maximum atomic E-state index is 11.5. The summed E-state index contributed by atoms with van der Waals surface area (Å²) in [6, 6.07) is 0.449. The Kier molecular flexibility index (Phi) is 4.54. The third-order valence-corrected chi connectivity index (χ3v) is 2.36. The van der Waals surface area contributed by atoms with E-state index in [0.717, 1.165) is 19.5 Å². The number of carbonyl (C=O) groups is 1. The molecular weight excluding hydrogens is 190 g/mol. The van der Waals surface area contributed by atoms with Crippen LogP contribution in [0, 0.1) is 0 Å². The first kappa shape index (κ1) is 12.5. The molecule has 88 valence electrons. The van der Waals surface area contributed by atoms with Crippen LogP contribution in [-0.4, -0.2) is 37.1 Å². The quantitative estimate of drug-likeness (QED) is 0.629. The Hall–Kier alpha value is -0.610. The second-order valence-corrected chi connectivity index (χ2v) is 5.22. The van der Waals surface area contributed by atoms with Crippen LogP contribution in [0.3, 0.4) is 0 Å². The van der Waals surface area contributed by atoms with Gasteiger partial charge in [-0.2, -0.15) is 0 Å². The van der Waals surface area contributed by atoms with Crippen molar-refractivity contribution in [3.05, 3.63) is 0 Å². The maximum Gasteiger partial charge on any atom is 0.234 e. The lowest BCUT2D eigenvalue weighted by Crippen LogP contribution is -2.49. The minimum absolute atomic E-state index is 0.0769. The summed E-state index contributed by atoms with van der Waals surface area (Å²) < 4.78 is 0. The van der Waals surface area contributed by atoms with E-state index in [1.54, 1.807) is 0 Å². The zero-order chi connectivity index (χ0) is 11.3. The Morgan fingerprint density at radius 2 is 2.20 bits per heavy atom.